The summed E-state index contributed by atoms with van der Waals surface area (Å²) in [5, 5.41) is 10.5. The quantitative estimate of drug-likeness (QED) is 0.170. The number of benzene rings is 1. The number of esters is 4. The van der Waals surface area contributed by atoms with E-state index in [0.717, 1.165) is 46.3 Å². The fourth-order valence-electron chi connectivity index (χ4n) is 5.92. The van der Waals surface area contributed by atoms with E-state index in [1.54, 1.807) is 44.3 Å². The van der Waals surface area contributed by atoms with Crippen molar-refractivity contribution in [2.24, 2.45) is 0 Å². The van der Waals surface area contributed by atoms with E-state index in [2.05, 4.69) is 9.97 Å². The molecule has 2 aromatic heterocycles. The molecular weight excluding hydrogens is 730 g/mol. The molecule has 3 heterocycles. The largest absolute Gasteiger partial charge is 0.487 e. The zero-order valence-electron chi connectivity index (χ0n) is 30.9. The number of hydrogen-bond donors (Lipinski definition) is 1. The molecule has 0 amide bonds. The van der Waals surface area contributed by atoms with Gasteiger partial charge < -0.3 is 43.0 Å². The predicted molar refractivity (Wildman–Crippen MR) is 184 cm³/mol. The number of aliphatic hydroxyl groups is 1. The summed E-state index contributed by atoms with van der Waals surface area (Å²) in [4.78, 5) is 58.0. The maximum Gasteiger partial charge on any atom is 0.387 e. The molecule has 2 unspecified atom stereocenters. The van der Waals surface area contributed by atoms with Gasteiger partial charge in [0.05, 0.1) is 18.9 Å². The van der Waals surface area contributed by atoms with Crippen LogP contribution in [-0.4, -0.2) is 89.5 Å². The third-order valence-corrected chi connectivity index (χ3v) is 8.53. The van der Waals surface area contributed by atoms with Crippen LogP contribution in [0.15, 0.2) is 54.9 Å². The number of nitrogens with zero attached hydrogens (tertiary/aromatic N) is 2. The van der Waals surface area contributed by atoms with Gasteiger partial charge in [-0.2, -0.15) is 8.78 Å². The van der Waals surface area contributed by atoms with E-state index >= 15 is 0 Å². The molecule has 1 N–H and O–H groups in total. The van der Waals surface area contributed by atoms with Gasteiger partial charge in [-0.15, -0.1) is 0 Å². The number of pyridine rings is 2. The molecule has 0 spiro atoms. The summed E-state index contributed by atoms with van der Waals surface area (Å²) in [6.45, 7) is 3.41. The van der Waals surface area contributed by atoms with Crippen LogP contribution < -0.4 is 14.2 Å². The van der Waals surface area contributed by atoms with Crippen molar-refractivity contribution in [1.29, 1.82) is 0 Å². The van der Waals surface area contributed by atoms with Gasteiger partial charge in [-0.05, 0) is 68.0 Å². The Morgan fingerprint density at radius 3 is 2.04 bits per heavy atom. The zero-order valence-corrected chi connectivity index (χ0v) is 30.9. The Kier molecular flexibility index (Phi) is 12.9. The Hall–Kier alpha value is -5.42. The molecule has 6 atom stereocenters. The molecule has 0 radical (unpaired) electrons. The Labute approximate surface area is 315 Å². The molecule has 296 valence electrons. The number of alkyl halides is 2. The molecule has 55 heavy (non-hydrogen) atoms. The molecule has 1 aromatic carbocycles. The minimum absolute atomic E-state index is 0.0524. The van der Waals surface area contributed by atoms with Crippen LogP contribution >= 0.6 is 0 Å². The molecule has 2 fully saturated rings. The summed E-state index contributed by atoms with van der Waals surface area (Å²) in [6, 6.07) is 11.4. The maximum absolute atomic E-state index is 13.2. The van der Waals surface area contributed by atoms with Gasteiger partial charge in [-0.25, -0.2) is 9.78 Å². The standard InChI is InChI=1S/C38H42F2N2O13/c1-19(43)49-31-32(50-20(2)44)34(51-21(3)45)36(55-33(31)35(46)48-6)54-30-14-7-22(17-42-30)15-26(24-9-13-29(41-18-24)38(4,5)47)23-8-12-27(53-37(39)40)28(16-23)52-25-10-11-25/h7-9,12-14,16-18,25-26,31-34,36-37,47H,10-11,15H2,1-6H3/t26-,31-,32?,33?,34+,36+/m0/s1. The smallest absolute Gasteiger partial charge is 0.387 e. The molecule has 2 aliphatic rings. The first-order chi connectivity index (χ1) is 26.0. The van der Waals surface area contributed by atoms with Crippen molar-refractivity contribution in [3.8, 4) is 17.4 Å². The lowest BCUT2D eigenvalue weighted by Crippen LogP contribution is -2.64. The van der Waals surface area contributed by atoms with Crippen molar-refractivity contribution >= 4 is 23.9 Å². The van der Waals surface area contributed by atoms with Crippen LogP contribution in [0, 0.1) is 0 Å². The van der Waals surface area contributed by atoms with Crippen molar-refractivity contribution in [2.45, 2.75) is 109 Å². The van der Waals surface area contributed by atoms with Crippen LogP contribution in [0.1, 0.15) is 75.8 Å². The molecule has 15 nitrogen and oxygen atoms in total. The van der Waals surface area contributed by atoms with Gasteiger partial charge >= 0.3 is 30.5 Å². The molecule has 1 aliphatic heterocycles. The number of ether oxygens (including phenoxy) is 8. The molecular formula is C38H42F2N2O13. The van der Waals surface area contributed by atoms with Crippen LogP contribution in [0.25, 0.3) is 0 Å². The van der Waals surface area contributed by atoms with Gasteiger partial charge in [0, 0.05) is 45.1 Å². The highest BCUT2D eigenvalue weighted by molar-refractivity contribution is 5.77. The van der Waals surface area contributed by atoms with Crippen LogP contribution in [0.5, 0.6) is 17.4 Å². The molecule has 5 rings (SSSR count). The third kappa shape index (κ3) is 10.8. The number of halogens is 2. The summed E-state index contributed by atoms with van der Waals surface area (Å²) in [6.07, 6.45) is -2.98. The van der Waals surface area contributed by atoms with Crippen molar-refractivity contribution in [3.63, 3.8) is 0 Å². The second-order valence-corrected chi connectivity index (χ2v) is 13.5. The van der Waals surface area contributed by atoms with Gasteiger partial charge in [-0.1, -0.05) is 18.2 Å². The lowest BCUT2D eigenvalue weighted by atomic mass is 9.86. The molecule has 1 saturated carbocycles. The fourth-order valence-corrected chi connectivity index (χ4v) is 5.92. The first-order valence-corrected chi connectivity index (χ1v) is 17.3. The lowest BCUT2D eigenvalue weighted by Gasteiger charge is -2.42. The Morgan fingerprint density at radius 1 is 0.836 bits per heavy atom. The van der Waals surface area contributed by atoms with Crippen molar-refractivity contribution in [1.82, 2.24) is 9.97 Å². The highest BCUT2D eigenvalue weighted by atomic mass is 19.3. The second kappa shape index (κ2) is 17.4. The van der Waals surface area contributed by atoms with Crippen molar-refractivity contribution in [2.75, 3.05) is 7.11 Å². The summed E-state index contributed by atoms with van der Waals surface area (Å²) in [7, 11) is 1.07. The molecule has 1 aliphatic carbocycles. The van der Waals surface area contributed by atoms with E-state index < -0.39 is 72.7 Å². The highest BCUT2D eigenvalue weighted by Gasteiger charge is 2.56. The van der Waals surface area contributed by atoms with Crippen LogP contribution in [-0.2, 0) is 54.9 Å². The SMILES string of the molecule is COC(=O)C1O[C@@H](Oc2ccc(C[C@H](c3ccc(C(C)(C)O)nc3)c3ccc(OC(F)F)c(OC4CC4)c3)cn2)[C@H](OC(C)=O)C(OC(C)=O)[C@@H]1OC(C)=O. The lowest BCUT2D eigenvalue weighted by molar-refractivity contribution is -0.283. The zero-order chi connectivity index (χ0) is 40.0. The van der Waals surface area contributed by atoms with E-state index in [9.17, 15) is 33.1 Å². The molecule has 3 aromatic rings. The summed E-state index contributed by atoms with van der Waals surface area (Å²) in [5.74, 6) is -3.88. The Balaban J connectivity index is 1.45. The van der Waals surface area contributed by atoms with E-state index in [-0.39, 0.29) is 23.5 Å². The van der Waals surface area contributed by atoms with E-state index in [4.69, 9.17) is 37.9 Å². The Morgan fingerprint density at radius 2 is 1.49 bits per heavy atom. The third-order valence-electron chi connectivity index (χ3n) is 8.53. The molecule has 1 saturated heterocycles. The highest BCUT2D eigenvalue weighted by Crippen LogP contribution is 2.39. The molecule has 0 bridgehead atoms. The monoisotopic (exact) mass is 772 g/mol. The second-order valence-electron chi connectivity index (χ2n) is 13.5. The van der Waals surface area contributed by atoms with Gasteiger partial charge in [0.25, 0.3) is 0 Å². The first-order valence-electron chi connectivity index (χ1n) is 17.3. The maximum atomic E-state index is 13.2. The van der Waals surface area contributed by atoms with Crippen LogP contribution in [0.3, 0.4) is 0 Å². The average molecular weight is 773 g/mol. The fraction of sp³-hybridized carbons (Fsp3) is 0.474. The minimum atomic E-state index is -3.05. The van der Waals surface area contributed by atoms with Gasteiger partial charge in [0.15, 0.2) is 29.8 Å². The Bertz CT molecular complexity index is 1830. The summed E-state index contributed by atoms with van der Waals surface area (Å²) < 4.78 is 69.9. The minimum Gasteiger partial charge on any atom is -0.487 e. The molecule has 17 heteroatoms. The van der Waals surface area contributed by atoms with Crippen LogP contribution in [0.2, 0.25) is 0 Å². The summed E-state index contributed by atoms with van der Waals surface area (Å²) in [5.41, 5.74) is 1.37. The van der Waals surface area contributed by atoms with E-state index in [1.807, 2.05) is 6.07 Å². The normalized spacial score (nSPS) is 21.5. The van der Waals surface area contributed by atoms with E-state index in [0.29, 0.717) is 23.2 Å². The number of carbonyl (C=O) groups excluding carboxylic acids is 4. The van der Waals surface area contributed by atoms with Gasteiger partial charge in [-0.3, -0.25) is 19.4 Å². The first kappa shape index (κ1) is 40.8. The number of rotatable bonds is 15. The van der Waals surface area contributed by atoms with Crippen LogP contribution in [0.4, 0.5) is 8.78 Å². The average Bonchev–Trinajstić information content (AvgIpc) is 3.94. The van der Waals surface area contributed by atoms with Crippen molar-refractivity contribution < 1.29 is 71.0 Å². The summed E-state index contributed by atoms with van der Waals surface area (Å²) >= 11 is 0. The van der Waals surface area contributed by atoms with Gasteiger partial charge in [0.2, 0.25) is 18.3 Å². The topological polar surface area (TPSA) is 188 Å². The number of aromatic nitrogens is 2. The predicted octanol–water partition coefficient (Wildman–Crippen LogP) is 4.29. The number of hydrogen-bond acceptors (Lipinski definition) is 15. The van der Waals surface area contributed by atoms with Crippen molar-refractivity contribution in [3.05, 3.63) is 77.2 Å². The van der Waals surface area contributed by atoms with Gasteiger partial charge in [0.1, 0.15) is 5.60 Å². The number of carbonyl (C=O) groups is 4. The number of methoxy groups -OCH3 is 1. The van der Waals surface area contributed by atoms with E-state index in [1.165, 1.54) is 18.3 Å².